The van der Waals surface area contributed by atoms with Crippen molar-refractivity contribution in [1.29, 1.82) is 0 Å². The fourth-order valence-corrected chi connectivity index (χ4v) is 3.73. The molecule has 5 nitrogen and oxygen atoms in total. The Bertz CT molecular complexity index is 1030. The average Bonchev–Trinajstić information content (AvgIpc) is 3.26. The molecule has 0 unspecified atom stereocenters. The van der Waals surface area contributed by atoms with E-state index >= 15 is 0 Å². The molecule has 1 aliphatic heterocycles. The zero-order chi connectivity index (χ0) is 19.5. The van der Waals surface area contributed by atoms with Crippen molar-refractivity contribution in [3.05, 3.63) is 64.6 Å². The van der Waals surface area contributed by atoms with E-state index in [1.165, 1.54) is 0 Å². The average molecular weight is 438 g/mol. The van der Waals surface area contributed by atoms with Gasteiger partial charge >= 0.3 is 0 Å². The van der Waals surface area contributed by atoms with Crippen molar-refractivity contribution in [2.24, 2.45) is 0 Å². The van der Waals surface area contributed by atoms with E-state index in [0.29, 0.717) is 5.56 Å². The van der Waals surface area contributed by atoms with E-state index in [2.05, 4.69) is 21.2 Å². The fraction of sp³-hybridized carbons (Fsp3) is 0.227. The lowest BCUT2D eigenvalue weighted by Crippen LogP contribution is -2.38. The molecule has 0 atom stereocenters. The number of pyridine rings is 1. The summed E-state index contributed by atoms with van der Waals surface area (Å²) in [5, 5.41) is 3.56. The lowest BCUT2D eigenvalue weighted by Gasteiger charge is -2.16. The van der Waals surface area contributed by atoms with E-state index in [9.17, 15) is 9.59 Å². The third-order valence-corrected chi connectivity index (χ3v) is 5.49. The van der Waals surface area contributed by atoms with Crippen molar-refractivity contribution >= 4 is 38.6 Å². The van der Waals surface area contributed by atoms with Crippen LogP contribution < -0.4 is 5.32 Å². The highest BCUT2D eigenvalue weighted by atomic mass is 79.9. The number of carbonyl (C=O) groups excluding carboxylic acids is 2. The third kappa shape index (κ3) is 3.92. The molecule has 0 aliphatic carbocycles. The van der Waals surface area contributed by atoms with Crippen molar-refractivity contribution in [3.8, 4) is 11.3 Å². The minimum absolute atomic E-state index is 0.0170. The van der Waals surface area contributed by atoms with Crippen LogP contribution in [0.15, 0.2) is 59.1 Å². The number of likely N-dealkylation sites (tertiary alicyclic amines) is 1. The quantitative estimate of drug-likeness (QED) is 0.670. The van der Waals surface area contributed by atoms with Crippen LogP contribution in [0.4, 0.5) is 0 Å². The van der Waals surface area contributed by atoms with Crippen LogP contribution in [0.5, 0.6) is 0 Å². The van der Waals surface area contributed by atoms with Gasteiger partial charge in [-0.05, 0) is 37.1 Å². The number of fused-ring (bicyclic) bond motifs is 1. The summed E-state index contributed by atoms with van der Waals surface area (Å²) in [6, 6.07) is 17.2. The first-order valence-corrected chi connectivity index (χ1v) is 10.1. The molecule has 4 rings (SSSR count). The van der Waals surface area contributed by atoms with E-state index in [1.54, 1.807) is 11.0 Å². The molecule has 1 N–H and O–H groups in total. The Morgan fingerprint density at radius 1 is 1.04 bits per heavy atom. The smallest absolute Gasteiger partial charge is 0.252 e. The van der Waals surface area contributed by atoms with Gasteiger partial charge in [-0.3, -0.25) is 9.59 Å². The number of hydrogen-bond donors (Lipinski definition) is 1. The number of amides is 2. The molecule has 2 heterocycles. The van der Waals surface area contributed by atoms with Crippen molar-refractivity contribution in [2.45, 2.75) is 12.8 Å². The summed E-state index contributed by atoms with van der Waals surface area (Å²) >= 11 is 3.44. The van der Waals surface area contributed by atoms with Gasteiger partial charge in [0.05, 0.1) is 23.3 Å². The van der Waals surface area contributed by atoms with E-state index in [-0.39, 0.29) is 18.4 Å². The number of para-hydroxylation sites is 1. The lowest BCUT2D eigenvalue weighted by atomic mass is 10.0. The van der Waals surface area contributed by atoms with E-state index < -0.39 is 0 Å². The number of carbonyl (C=O) groups is 2. The maximum absolute atomic E-state index is 12.9. The van der Waals surface area contributed by atoms with Gasteiger partial charge in [-0.2, -0.15) is 0 Å². The summed E-state index contributed by atoms with van der Waals surface area (Å²) in [7, 11) is 0. The molecule has 0 saturated carbocycles. The summed E-state index contributed by atoms with van der Waals surface area (Å²) in [6.45, 7) is 1.57. The number of benzene rings is 2. The molecular weight excluding hydrogens is 418 g/mol. The van der Waals surface area contributed by atoms with Crippen LogP contribution in [0, 0.1) is 0 Å². The highest BCUT2D eigenvalue weighted by molar-refractivity contribution is 9.10. The number of nitrogens with one attached hydrogen (secondary N) is 1. The molecule has 2 aromatic carbocycles. The summed E-state index contributed by atoms with van der Waals surface area (Å²) in [6.07, 6.45) is 2.07. The first-order chi connectivity index (χ1) is 13.6. The highest BCUT2D eigenvalue weighted by Gasteiger charge is 2.19. The monoisotopic (exact) mass is 437 g/mol. The Balaban J connectivity index is 1.63. The zero-order valence-corrected chi connectivity index (χ0v) is 16.9. The normalized spacial score (nSPS) is 13.7. The number of halogens is 1. The van der Waals surface area contributed by atoms with Crippen LogP contribution in [-0.4, -0.2) is 41.3 Å². The molecule has 6 heteroatoms. The Morgan fingerprint density at radius 3 is 2.50 bits per heavy atom. The van der Waals surface area contributed by atoms with Crippen LogP contribution >= 0.6 is 15.9 Å². The second-order valence-electron chi connectivity index (χ2n) is 6.85. The first-order valence-electron chi connectivity index (χ1n) is 9.33. The van der Waals surface area contributed by atoms with Crippen LogP contribution in [0.1, 0.15) is 23.2 Å². The van der Waals surface area contributed by atoms with Crippen LogP contribution in [0.2, 0.25) is 0 Å². The van der Waals surface area contributed by atoms with Gasteiger partial charge in [0.2, 0.25) is 5.91 Å². The lowest BCUT2D eigenvalue weighted by molar-refractivity contribution is -0.129. The maximum atomic E-state index is 12.9. The minimum atomic E-state index is -0.260. The largest absolute Gasteiger partial charge is 0.343 e. The summed E-state index contributed by atoms with van der Waals surface area (Å²) in [4.78, 5) is 31.7. The van der Waals surface area contributed by atoms with Crippen LogP contribution in [0.25, 0.3) is 22.2 Å². The number of nitrogens with zero attached hydrogens (tertiary/aromatic N) is 2. The van der Waals surface area contributed by atoms with Crippen molar-refractivity contribution in [1.82, 2.24) is 15.2 Å². The third-order valence-electron chi connectivity index (χ3n) is 4.96. The Kier molecular flexibility index (Phi) is 5.39. The first kappa shape index (κ1) is 18.6. The van der Waals surface area contributed by atoms with Gasteiger partial charge in [-0.1, -0.05) is 46.3 Å². The highest BCUT2D eigenvalue weighted by Crippen LogP contribution is 2.26. The van der Waals surface area contributed by atoms with Crippen molar-refractivity contribution in [2.75, 3.05) is 19.6 Å². The fourth-order valence-electron chi connectivity index (χ4n) is 3.46. The predicted molar refractivity (Wildman–Crippen MR) is 113 cm³/mol. The van der Waals surface area contributed by atoms with Gasteiger partial charge in [0.15, 0.2) is 0 Å². The SMILES string of the molecule is O=C(NCC(=O)N1CCCC1)c1cc(-c2ccc(Br)cc2)nc2ccccc12. The van der Waals surface area contributed by atoms with Gasteiger partial charge in [-0.15, -0.1) is 0 Å². The zero-order valence-electron chi connectivity index (χ0n) is 15.3. The van der Waals surface area contributed by atoms with E-state index in [4.69, 9.17) is 4.98 Å². The predicted octanol–water partition coefficient (Wildman–Crippen LogP) is 4.02. The Hall–Kier alpha value is -2.73. The molecule has 1 aromatic heterocycles. The van der Waals surface area contributed by atoms with Gasteiger partial charge in [0, 0.05) is 28.5 Å². The Labute approximate surface area is 171 Å². The van der Waals surface area contributed by atoms with Crippen molar-refractivity contribution in [3.63, 3.8) is 0 Å². The molecule has 0 radical (unpaired) electrons. The Morgan fingerprint density at radius 2 is 1.75 bits per heavy atom. The minimum Gasteiger partial charge on any atom is -0.343 e. The van der Waals surface area contributed by atoms with Crippen LogP contribution in [0.3, 0.4) is 0 Å². The number of rotatable bonds is 4. The number of hydrogen-bond acceptors (Lipinski definition) is 3. The summed E-state index contributed by atoms with van der Waals surface area (Å²) < 4.78 is 0.982. The molecule has 142 valence electrons. The molecule has 0 spiro atoms. The summed E-state index contributed by atoms with van der Waals surface area (Å²) in [5.41, 5.74) is 2.93. The van der Waals surface area contributed by atoms with Gasteiger partial charge in [0.1, 0.15) is 0 Å². The maximum Gasteiger partial charge on any atom is 0.252 e. The molecule has 28 heavy (non-hydrogen) atoms. The van der Waals surface area contributed by atoms with Gasteiger partial charge in [0.25, 0.3) is 5.91 Å². The standard InChI is InChI=1S/C22H20BrN3O2/c23-16-9-7-15(8-10-16)20-13-18(17-5-1-2-6-19(17)25-20)22(28)24-14-21(27)26-11-3-4-12-26/h1-2,5-10,13H,3-4,11-12,14H2,(H,24,28). The molecule has 1 fully saturated rings. The second-order valence-corrected chi connectivity index (χ2v) is 7.77. The second kappa shape index (κ2) is 8.10. The molecular formula is C22H20BrN3O2. The number of aromatic nitrogens is 1. The van der Waals surface area contributed by atoms with E-state index in [0.717, 1.165) is 52.6 Å². The molecule has 1 saturated heterocycles. The topological polar surface area (TPSA) is 62.3 Å². The van der Waals surface area contributed by atoms with E-state index in [1.807, 2.05) is 48.5 Å². The molecule has 3 aromatic rings. The van der Waals surface area contributed by atoms with Crippen LogP contribution in [-0.2, 0) is 4.79 Å². The molecule has 2 amide bonds. The van der Waals surface area contributed by atoms with Gasteiger partial charge < -0.3 is 10.2 Å². The summed E-state index contributed by atoms with van der Waals surface area (Å²) in [5.74, 6) is -0.290. The van der Waals surface area contributed by atoms with Gasteiger partial charge in [-0.25, -0.2) is 4.98 Å². The molecule has 1 aliphatic rings. The molecule has 0 bridgehead atoms. The van der Waals surface area contributed by atoms with Crippen molar-refractivity contribution < 1.29 is 9.59 Å².